The first-order valence-electron chi connectivity index (χ1n) is 12.8. The predicted molar refractivity (Wildman–Crippen MR) is 138 cm³/mol. The van der Waals surface area contributed by atoms with Gasteiger partial charge in [-0.3, -0.25) is 9.59 Å². The summed E-state index contributed by atoms with van der Waals surface area (Å²) in [6, 6.07) is 10.0. The second-order valence-electron chi connectivity index (χ2n) is 10.1. The van der Waals surface area contributed by atoms with Crippen LogP contribution in [0.4, 0.5) is 19.0 Å². The van der Waals surface area contributed by atoms with Gasteiger partial charge in [0.15, 0.2) is 0 Å². The van der Waals surface area contributed by atoms with E-state index >= 15 is 0 Å². The Morgan fingerprint density at radius 3 is 2.11 bits per heavy atom. The number of benzene rings is 1. The molecule has 0 saturated carbocycles. The molecule has 2 saturated heterocycles. The van der Waals surface area contributed by atoms with Crippen molar-refractivity contribution in [2.45, 2.75) is 43.9 Å². The molecule has 1 aromatic carbocycles. The van der Waals surface area contributed by atoms with Crippen molar-refractivity contribution in [3.05, 3.63) is 58.7 Å². The number of carbonyl (C=O) groups excluding carboxylic acids is 2. The zero-order chi connectivity index (χ0) is 27.5. The summed E-state index contributed by atoms with van der Waals surface area (Å²) in [4.78, 5) is 32.5. The van der Waals surface area contributed by atoms with E-state index < -0.39 is 23.2 Å². The van der Waals surface area contributed by atoms with E-state index in [-0.39, 0.29) is 24.1 Å². The molecule has 2 N–H and O–H groups in total. The van der Waals surface area contributed by atoms with E-state index in [4.69, 9.17) is 11.6 Å². The van der Waals surface area contributed by atoms with Crippen LogP contribution in [0, 0.1) is 11.8 Å². The number of alkyl halides is 3. The zero-order valence-electron chi connectivity index (χ0n) is 21.2. The van der Waals surface area contributed by atoms with Crippen molar-refractivity contribution in [2.75, 3.05) is 38.1 Å². The minimum Gasteiger partial charge on any atom is -0.369 e. The molecule has 0 unspecified atom stereocenters. The molecule has 7 nitrogen and oxygen atoms in total. The van der Waals surface area contributed by atoms with Gasteiger partial charge in [0.1, 0.15) is 11.0 Å². The van der Waals surface area contributed by atoms with E-state index in [2.05, 4.69) is 15.2 Å². The second-order valence-corrected chi connectivity index (χ2v) is 10.4. The maximum atomic E-state index is 13.9. The Bertz CT molecular complexity index is 1130. The Morgan fingerprint density at radius 1 is 1.00 bits per heavy atom. The van der Waals surface area contributed by atoms with Gasteiger partial charge in [0.25, 0.3) is 17.4 Å². The summed E-state index contributed by atoms with van der Waals surface area (Å²) in [6.07, 6.45) is -1.09. The van der Waals surface area contributed by atoms with Crippen molar-refractivity contribution >= 4 is 29.2 Å². The molecule has 0 aliphatic carbocycles. The molecule has 0 bridgehead atoms. The van der Waals surface area contributed by atoms with E-state index in [1.807, 2.05) is 0 Å². The van der Waals surface area contributed by atoms with Gasteiger partial charge in [-0.2, -0.15) is 13.2 Å². The first kappa shape index (κ1) is 28.2. The molecule has 11 heteroatoms. The summed E-state index contributed by atoms with van der Waals surface area (Å²) >= 11 is 6.20. The Balaban J connectivity index is 1.29. The normalized spacial score (nSPS) is 19.2. The molecule has 2 aromatic rings. The van der Waals surface area contributed by atoms with Crippen LogP contribution in [0.15, 0.2) is 42.5 Å². The van der Waals surface area contributed by atoms with Crippen LogP contribution in [-0.2, 0) is 10.4 Å². The van der Waals surface area contributed by atoms with Gasteiger partial charge < -0.3 is 20.2 Å². The van der Waals surface area contributed by atoms with Crippen molar-refractivity contribution in [2.24, 2.45) is 11.8 Å². The fourth-order valence-electron chi connectivity index (χ4n) is 5.46. The van der Waals surface area contributed by atoms with E-state index in [0.29, 0.717) is 30.2 Å². The van der Waals surface area contributed by atoms with Gasteiger partial charge >= 0.3 is 6.18 Å². The number of halogens is 4. The maximum absolute atomic E-state index is 13.9. The van der Waals surface area contributed by atoms with E-state index in [9.17, 15) is 27.9 Å². The van der Waals surface area contributed by atoms with Crippen LogP contribution in [0.1, 0.15) is 48.0 Å². The quantitative estimate of drug-likeness (QED) is 0.519. The van der Waals surface area contributed by atoms with E-state index in [1.165, 1.54) is 25.2 Å². The molecule has 2 amide bonds. The summed E-state index contributed by atoms with van der Waals surface area (Å²) in [5, 5.41) is 13.3. The highest BCUT2D eigenvalue weighted by molar-refractivity contribution is 6.32. The summed E-state index contributed by atoms with van der Waals surface area (Å²) < 4.78 is 41.7. The molecular weight excluding hydrogens is 521 g/mol. The highest BCUT2D eigenvalue weighted by Gasteiger charge is 2.62. The number of nitrogens with zero attached hydrogens (tertiary/aromatic N) is 3. The van der Waals surface area contributed by atoms with E-state index in [0.717, 1.165) is 55.2 Å². The number of nitrogens with one attached hydrogen (secondary N) is 1. The van der Waals surface area contributed by atoms with Gasteiger partial charge in [0.05, 0.1) is 5.56 Å². The fourth-order valence-corrected chi connectivity index (χ4v) is 5.70. The lowest BCUT2D eigenvalue weighted by molar-refractivity contribution is -0.262. The highest BCUT2D eigenvalue weighted by atomic mass is 35.5. The van der Waals surface area contributed by atoms with Crippen LogP contribution in [-0.4, -0.2) is 66.2 Å². The van der Waals surface area contributed by atoms with Crippen LogP contribution >= 0.6 is 11.6 Å². The summed E-state index contributed by atoms with van der Waals surface area (Å²) in [5.41, 5.74) is -3.69. The van der Waals surface area contributed by atoms with Gasteiger partial charge in [0, 0.05) is 38.8 Å². The van der Waals surface area contributed by atoms with Crippen LogP contribution in [0.5, 0.6) is 0 Å². The molecule has 3 heterocycles. The smallest absolute Gasteiger partial charge is 0.369 e. The van der Waals surface area contributed by atoms with Gasteiger partial charge in [-0.15, -0.1) is 0 Å². The molecule has 1 aromatic heterocycles. The Kier molecular flexibility index (Phi) is 8.52. The minimum atomic E-state index is -5.13. The molecule has 206 valence electrons. The van der Waals surface area contributed by atoms with Gasteiger partial charge in [0.2, 0.25) is 0 Å². The molecular formula is C27H32ClF3N4O3. The molecule has 0 radical (unpaired) electrons. The molecule has 2 aliphatic rings. The first-order valence-corrected chi connectivity index (χ1v) is 13.2. The predicted octanol–water partition coefficient (Wildman–Crippen LogP) is 4.39. The monoisotopic (exact) mass is 552 g/mol. The van der Waals surface area contributed by atoms with Crippen molar-refractivity contribution in [3.8, 4) is 0 Å². The number of aromatic nitrogens is 1. The lowest BCUT2D eigenvalue weighted by Crippen LogP contribution is -2.57. The number of rotatable bonds is 6. The van der Waals surface area contributed by atoms with Crippen LogP contribution in [0.25, 0.3) is 0 Å². The average Bonchev–Trinajstić information content (AvgIpc) is 2.92. The number of carbonyl (C=O) groups is 2. The Labute approximate surface area is 225 Å². The molecule has 2 aliphatic heterocycles. The highest BCUT2D eigenvalue weighted by Crippen LogP contribution is 2.41. The largest absolute Gasteiger partial charge is 0.430 e. The molecule has 4 rings (SSSR count). The number of aliphatic hydroxyl groups is 1. The van der Waals surface area contributed by atoms with Crippen molar-refractivity contribution in [3.63, 3.8) is 0 Å². The number of amides is 2. The fraction of sp³-hybridized carbons (Fsp3) is 0.519. The number of likely N-dealkylation sites (tertiary alicyclic amines) is 1. The second kappa shape index (κ2) is 11.5. The first-order chi connectivity index (χ1) is 18.0. The van der Waals surface area contributed by atoms with Gasteiger partial charge in [-0.25, -0.2) is 4.98 Å². The lowest BCUT2D eigenvalue weighted by Gasteiger charge is -2.40. The molecule has 1 atom stereocenters. The third-order valence-electron chi connectivity index (χ3n) is 7.72. The Hall–Kier alpha value is -2.85. The summed E-state index contributed by atoms with van der Waals surface area (Å²) in [7, 11) is 1.53. The number of piperidine rings is 2. The number of hydrogen-bond acceptors (Lipinski definition) is 5. The minimum absolute atomic E-state index is 0.162. The standard InChI is InChI=1S/C27H32ClF3N4O3/c1-32-24(36)21-7-8-22(33-23(21)28)34-13-9-18(10-14-34)17-19-11-15-35(16-12-19)25(37)26(38,27(29,30)31)20-5-3-2-4-6-20/h2-8,18-19,38H,9-17H2,1H3,(H,32,36)/t26-/m0/s1. The van der Waals surface area contributed by atoms with Crippen LogP contribution in [0.3, 0.4) is 0 Å². The van der Waals surface area contributed by atoms with E-state index in [1.54, 1.807) is 12.1 Å². The van der Waals surface area contributed by atoms with Crippen LogP contribution in [0.2, 0.25) is 5.15 Å². The van der Waals surface area contributed by atoms with Crippen LogP contribution < -0.4 is 10.2 Å². The molecule has 2 fully saturated rings. The van der Waals surface area contributed by atoms with Gasteiger partial charge in [-0.05, 0) is 56.1 Å². The molecule has 38 heavy (non-hydrogen) atoms. The number of hydrogen-bond donors (Lipinski definition) is 2. The van der Waals surface area contributed by atoms with Crippen molar-refractivity contribution in [1.29, 1.82) is 0 Å². The van der Waals surface area contributed by atoms with Crippen molar-refractivity contribution < 1.29 is 27.9 Å². The zero-order valence-corrected chi connectivity index (χ0v) is 21.9. The maximum Gasteiger partial charge on any atom is 0.430 e. The Morgan fingerprint density at radius 2 is 1.58 bits per heavy atom. The topological polar surface area (TPSA) is 85.8 Å². The third-order valence-corrected chi connectivity index (χ3v) is 8.01. The SMILES string of the molecule is CNC(=O)c1ccc(N2CCC(CC3CCN(C(=O)[C@@](O)(c4ccccc4)C(F)(F)F)CC3)CC2)nc1Cl. The average molecular weight is 553 g/mol. The third kappa shape index (κ3) is 5.76. The summed E-state index contributed by atoms with van der Waals surface area (Å²) in [6.45, 7) is 1.96. The number of pyridine rings is 1. The number of anilines is 1. The lowest BCUT2D eigenvalue weighted by atomic mass is 9.82. The summed E-state index contributed by atoms with van der Waals surface area (Å²) in [5.74, 6) is -0.0926. The van der Waals surface area contributed by atoms with Crippen molar-refractivity contribution in [1.82, 2.24) is 15.2 Å². The van der Waals surface area contributed by atoms with Gasteiger partial charge in [-0.1, -0.05) is 41.9 Å². The molecule has 0 spiro atoms.